The van der Waals surface area contributed by atoms with Crippen molar-refractivity contribution in [2.24, 2.45) is 88.8 Å². The first-order chi connectivity index (χ1) is 24.2. The van der Waals surface area contributed by atoms with Crippen LogP contribution < -0.4 is 0 Å². The molecule has 7 aliphatic carbocycles. The lowest BCUT2D eigenvalue weighted by Gasteiger charge is -2.61. The summed E-state index contributed by atoms with van der Waals surface area (Å²) in [4.78, 5) is 0. The van der Waals surface area contributed by atoms with Crippen molar-refractivity contribution in [1.29, 1.82) is 0 Å². The summed E-state index contributed by atoms with van der Waals surface area (Å²) in [5, 5.41) is 0. The quantitative estimate of drug-likeness (QED) is 0.161. The van der Waals surface area contributed by atoms with Crippen LogP contribution in [-0.2, 0) is 0 Å². The molecule has 8 atom stereocenters. The average molecular weight is 675 g/mol. The van der Waals surface area contributed by atoms with Crippen molar-refractivity contribution >= 4 is 0 Å². The van der Waals surface area contributed by atoms with Gasteiger partial charge < -0.3 is 0 Å². The summed E-state index contributed by atoms with van der Waals surface area (Å²) in [6.07, 6.45) is 48.7. The van der Waals surface area contributed by atoms with Gasteiger partial charge >= 0.3 is 0 Å². The first-order valence-corrected chi connectivity index (χ1v) is 24.2. The van der Waals surface area contributed by atoms with Gasteiger partial charge in [0.15, 0.2) is 0 Å². The minimum atomic E-state index is 0.981. The number of hydrogen-bond donors (Lipinski definition) is 0. The summed E-state index contributed by atoms with van der Waals surface area (Å²) in [6.45, 7) is 7.81. The van der Waals surface area contributed by atoms with Gasteiger partial charge in [-0.25, -0.2) is 0 Å². The Morgan fingerprint density at radius 3 is 1.06 bits per heavy atom. The topological polar surface area (TPSA) is 0 Å². The van der Waals surface area contributed by atoms with Crippen LogP contribution in [0.3, 0.4) is 0 Å². The lowest BCUT2D eigenvalue weighted by molar-refractivity contribution is -0.134. The Balaban J connectivity index is 1.47. The maximum absolute atomic E-state index is 2.68. The van der Waals surface area contributed by atoms with E-state index >= 15 is 0 Å². The zero-order chi connectivity index (χ0) is 33.6. The fourth-order valence-electron chi connectivity index (χ4n) is 16.7. The van der Waals surface area contributed by atoms with Crippen molar-refractivity contribution in [3.05, 3.63) is 0 Å². The molecule has 0 bridgehead atoms. The fourth-order valence-corrected chi connectivity index (χ4v) is 16.7. The van der Waals surface area contributed by atoms with Gasteiger partial charge in [-0.1, -0.05) is 213 Å². The highest BCUT2D eigenvalue weighted by molar-refractivity contribution is 5.08. The third-order valence-electron chi connectivity index (χ3n) is 18.3. The Morgan fingerprint density at radius 2 is 0.673 bits per heavy atom. The molecule has 0 N–H and O–H groups in total. The van der Waals surface area contributed by atoms with Crippen molar-refractivity contribution in [3.63, 3.8) is 0 Å². The first-order valence-electron chi connectivity index (χ1n) is 24.2. The average Bonchev–Trinajstić information content (AvgIpc) is 3.97. The summed E-state index contributed by atoms with van der Waals surface area (Å²) in [5.74, 6) is 16.0. The SMILES string of the molecule is CCCCCCC1C(C2CCCC2)C(C(CC)CC)C(C2CCCC2)C(C2CCCC2)C(C2CCCC2)C(C2CCCC2)C1C1CCCC1. The van der Waals surface area contributed by atoms with Crippen LogP contribution in [0.2, 0.25) is 0 Å². The Hall–Kier alpha value is 0. The highest BCUT2D eigenvalue weighted by Gasteiger charge is 2.60. The van der Waals surface area contributed by atoms with Crippen molar-refractivity contribution in [2.75, 3.05) is 0 Å². The Labute approximate surface area is 307 Å². The summed E-state index contributed by atoms with van der Waals surface area (Å²) in [5.41, 5.74) is 0. The largest absolute Gasteiger partial charge is 0.0654 e. The predicted octanol–water partition coefficient (Wildman–Crippen LogP) is 15.5. The van der Waals surface area contributed by atoms with E-state index in [1.54, 1.807) is 167 Å². The molecule has 49 heavy (non-hydrogen) atoms. The van der Waals surface area contributed by atoms with E-state index in [1.807, 2.05) is 0 Å². The summed E-state index contributed by atoms with van der Waals surface area (Å²) < 4.78 is 0. The second kappa shape index (κ2) is 18.4. The standard InChI is InChI=1S/C49H86/c1-4-7-8-9-34-42-43(36-22-10-11-23-36)45(35(5-2)6-3)47(39-28-16-17-29-39)49(41-32-20-21-33-41)48(40-30-18-19-31-40)46(38-26-14-15-27-38)44(42)37-24-12-13-25-37/h35-49H,4-34H2,1-3H3. The third kappa shape index (κ3) is 8.10. The third-order valence-corrected chi connectivity index (χ3v) is 18.3. The maximum Gasteiger partial charge on any atom is -0.0318 e. The van der Waals surface area contributed by atoms with E-state index in [9.17, 15) is 0 Å². The van der Waals surface area contributed by atoms with E-state index in [4.69, 9.17) is 0 Å². The summed E-state index contributed by atoms with van der Waals surface area (Å²) in [7, 11) is 0. The Kier molecular flexibility index (Phi) is 14.0. The number of hydrogen-bond acceptors (Lipinski definition) is 0. The Morgan fingerprint density at radius 1 is 0.347 bits per heavy atom. The van der Waals surface area contributed by atoms with Crippen LogP contribution >= 0.6 is 0 Å². The van der Waals surface area contributed by atoms with E-state index in [0.717, 1.165) is 88.8 Å². The lowest BCUT2D eigenvalue weighted by Crippen LogP contribution is -2.56. The van der Waals surface area contributed by atoms with Gasteiger partial charge in [0.1, 0.15) is 0 Å². The second-order valence-corrected chi connectivity index (χ2v) is 20.4. The van der Waals surface area contributed by atoms with E-state index < -0.39 is 0 Å². The molecule has 0 radical (unpaired) electrons. The molecule has 0 aromatic heterocycles. The molecule has 0 spiro atoms. The van der Waals surface area contributed by atoms with Gasteiger partial charge in [-0.3, -0.25) is 0 Å². The molecule has 0 saturated heterocycles. The van der Waals surface area contributed by atoms with Crippen molar-refractivity contribution in [3.8, 4) is 0 Å². The smallest absolute Gasteiger partial charge is 0.0318 e. The van der Waals surface area contributed by atoms with Crippen LogP contribution in [0.4, 0.5) is 0 Å². The van der Waals surface area contributed by atoms with E-state index in [1.165, 1.54) is 32.1 Å². The van der Waals surface area contributed by atoms with Crippen LogP contribution in [0.1, 0.15) is 220 Å². The van der Waals surface area contributed by atoms with Gasteiger partial charge in [0.2, 0.25) is 0 Å². The normalized spacial score (nSPS) is 38.4. The molecular formula is C49H86. The molecule has 8 unspecified atom stereocenters. The molecule has 0 heterocycles. The molecular weight excluding hydrogens is 589 g/mol. The number of unbranched alkanes of at least 4 members (excludes halogenated alkanes) is 3. The number of rotatable bonds is 14. The molecule has 0 aliphatic heterocycles. The van der Waals surface area contributed by atoms with Gasteiger partial charge in [-0.05, 0) is 95.2 Å². The molecule has 7 saturated carbocycles. The van der Waals surface area contributed by atoms with Gasteiger partial charge in [-0.15, -0.1) is 0 Å². The predicted molar refractivity (Wildman–Crippen MR) is 212 cm³/mol. The van der Waals surface area contributed by atoms with Gasteiger partial charge in [0.05, 0.1) is 0 Å². The molecule has 0 aromatic carbocycles. The van der Waals surface area contributed by atoms with Crippen molar-refractivity contribution < 1.29 is 0 Å². The zero-order valence-electron chi connectivity index (χ0n) is 33.6. The van der Waals surface area contributed by atoms with Crippen molar-refractivity contribution in [2.45, 2.75) is 220 Å². The zero-order valence-corrected chi connectivity index (χ0v) is 33.6. The van der Waals surface area contributed by atoms with Gasteiger partial charge in [0.25, 0.3) is 0 Å². The maximum atomic E-state index is 2.68. The van der Waals surface area contributed by atoms with Gasteiger partial charge in [0, 0.05) is 0 Å². The van der Waals surface area contributed by atoms with Crippen LogP contribution in [0.25, 0.3) is 0 Å². The highest BCUT2D eigenvalue weighted by atomic mass is 14.6. The minimum absolute atomic E-state index is 0.981. The first kappa shape index (κ1) is 37.3. The molecule has 7 fully saturated rings. The fraction of sp³-hybridized carbons (Fsp3) is 1.00. The molecule has 7 aliphatic rings. The molecule has 0 nitrogen and oxygen atoms in total. The van der Waals surface area contributed by atoms with E-state index in [0.29, 0.717) is 0 Å². The molecule has 0 aromatic rings. The molecule has 0 amide bonds. The summed E-state index contributed by atoms with van der Waals surface area (Å²) >= 11 is 0. The van der Waals surface area contributed by atoms with E-state index in [-0.39, 0.29) is 0 Å². The summed E-state index contributed by atoms with van der Waals surface area (Å²) in [6, 6.07) is 0. The van der Waals surface area contributed by atoms with Crippen LogP contribution in [-0.4, -0.2) is 0 Å². The van der Waals surface area contributed by atoms with Crippen molar-refractivity contribution in [1.82, 2.24) is 0 Å². The highest BCUT2D eigenvalue weighted by Crippen LogP contribution is 2.66. The molecule has 0 heteroatoms. The van der Waals surface area contributed by atoms with Gasteiger partial charge in [-0.2, -0.15) is 0 Å². The molecule has 7 rings (SSSR count). The monoisotopic (exact) mass is 675 g/mol. The Bertz CT molecular complexity index is 860. The second-order valence-electron chi connectivity index (χ2n) is 20.4. The lowest BCUT2D eigenvalue weighted by atomic mass is 9.44. The minimum Gasteiger partial charge on any atom is -0.0654 e. The van der Waals surface area contributed by atoms with Crippen LogP contribution in [0.5, 0.6) is 0 Å². The van der Waals surface area contributed by atoms with Crippen LogP contribution in [0.15, 0.2) is 0 Å². The molecule has 282 valence electrons. The van der Waals surface area contributed by atoms with E-state index in [2.05, 4.69) is 20.8 Å². The van der Waals surface area contributed by atoms with Crippen LogP contribution in [0, 0.1) is 88.8 Å².